The predicted octanol–water partition coefficient (Wildman–Crippen LogP) is -2.28. The molecule has 3 heterocycles. The Morgan fingerprint density at radius 2 is 1.13 bits per heavy atom. The molecule has 1 unspecified atom stereocenters. The van der Waals surface area contributed by atoms with E-state index >= 15 is 0 Å². The van der Waals surface area contributed by atoms with E-state index in [1.165, 1.54) is 30.5 Å². The van der Waals surface area contributed by atoms with Gasteiger partial charge in [-0.25, -0.2) is 29.3 Å². The maximum absolute atomic E-state index is 11.7. The van der Waals surface area contributed by atoms with E-state index in [1.54, 1.807) is 20.8 Å². The van der Waals surface area contributed by atoms with Crippen molar-refractivity contribution in [3.05, 3.63) is 66.3 Å². The first-order chi connectivity index (χ1) is 29.4. The minimum absolute atomic E-state index is 0.00273. The Hall–Kier alpha value is -5.97. The fourth-order valence-electron chi connectivity index (χ4n) is 3.19. The van der Waals surface area contributed by atoms with Crippen molar-refractivity contribution in [1.29, 1.82) is 5.26 Å². The molecule has 0 fully saturated rings. The standard InChI is InChI=1S/C16H25N10O8P.C6H11N4O6P.C5H7N3O/c1-9-3-11(27)23-13(21-9)25-15(29)17-5-19-31-7-33-35-34-8-32-20-6-18-16(30)26-14-22-10(2)4-12(28)24-14;7-1-12-4-10-14-6-16-17-15-5-13-9-2-8-3-11;1-3-2-4(9)8-5(6)7-3/h3-4,19-20,35H,5-8H2,1-2H3,(H3,17,21,23,25,27,29)(H3,18,22,24,26,28,30);9-10,17H,2,4-6H2;2H,1H3,(H3,6,7,8,9). The number of isocyanates is 1. The number of nitrogens with one attached hydrogen (secondary N) is 11. The molecule has 0 radical (unpaired) electrons. The van der Waals surface area contributed by atoms with Crippen LogP contribution < -0.4 is 65.6 Å². The van der Waals surface area contributed by atoms with E-state index in [0.717, 1.165) is 0 Å². The Balaban J connectivity index is 0.000000586. The smallest absolute Gasteiger partial charge is 0.322 e. The van der Waals surface area contributed by atoms with E-state index in [4.69, 9.17) is 38.8 Å². The molecule has 0 saturated carbocycles. The topological polar surface area (TPSA) is 430 Å². The van der Waals surface area contributed by atoms with Crippen LogP contribution in [0, 0.1) is 32.3 Å². The summed E-state index contributed by atoms with van der Waals surface area (Å²) in [6, 6.07) is 2.75. The first kappa shape index (κ1) is 53.0. The van der Waals surface area contributed by atoms with Crippen LogP contribution in [0.3, 0.4) is 0 Å². The van der Waals surface area contributed by atoms with Gasteiger partial charge in [0.1, 0.15) is 6.67 Å². The number of aromatic amines is 3. The van der Waals surface area contributed by atoms with Crippen LogP contribution in [0.25, 0.3) is 0 Å². The zero-order valence-corrected chi connectivity index (χ0v) is 34.3. The summed E-state index contributed by atoms with van der Waals surface area (Å²) in [5.41, 5.74) is 15.2. The number of amides is 4. The van der Waals surface area contributed by atoms with Gasteiger partial charge in [0.05, 0.1) is 13.3 Å². The van der Waals surface area contributed by atoms with Crippen LogP contribution in [-0.4, -0.2) is 102 Å². The van der Waals surface area contributed by atoms with Crippen LogP contribution in [0.15, 0.2) is 37.6 Å². The number of H-pyrrole nitrogens is 3. The van der Waals surface area contributed by atoms with Gasteiger partial charge in [-0.1, -0.05) is 0 Å². The SMILES string of the molecule is Cc1cc(=O)[nH]c(N)n1.Cc1cc(=O)[nH]c(NC(=O)NCNOCOPOCONCNC(=O)Nc2nc(C)cc(=O)[nH]2)n1.N#COCNOCOPOCONCN=C=O. The number of nitrogen functional groups attached to an aromatic ring is 1. The molecule has 3 aromatic rings. The molecule has 1 atom stereocenters. The van der Waals surface area contributed by atoms with E-state index in [1.807, 2.05) is 0 Å². The predicted molar refractivity (Wildman–Crippen MR) is 209 cm³/mol. The number of ether oxygens (including phenoxy) is 1. The maximum Gasteiger partial charge on any atom is 0.322 e. The normalized spacial score (nSPS) is 10.3. The lowest BCUT2D eigenvalue weighted by Gasteiger charge is -2.10. The Bertz CT molecular complexity index is 1880. The molecule has 0 spiro atoms. The molecule has 3 rings (SSSR count). The lowest BCUT2D eigenvalue weighted by molar-refractivity contribution is -0.0807. The van der Waals surface area contributed by atoms with Crippen LogP contribution in [-0.2, 0) is 47.0 Å². The number of nitriles is 1. The number of nitrogens with two attached hydrogens (primary N) is 1. The van der Waals surface area contributed by atoms with Gasteiger partial charge in [0.25, 0.3) is 22.9 Å². The second kappa shape index (κ2) is 34.8. The molecule has 0 saturated heterocycles. The number of carbonyl (C=O) groups excluding carboxylic acids is 3. The second-order valence-electron chi connectivity index (χ2n) is 10.0. The van der Waals surface area contributed by atoms with E-state index < -0.39 is 21.1 Å². The molecule has 0 aliphatic carbocycles. The minimum atomic E-state index is -0.612. The highest BCUT2D eigenvalue weighted by Crippen LogP contribution is 2.12. The van der Waals surface area contributed by atoms with Gasteiger partial charge in [-0.15, -0.1) is 0 Å². The largest absolute Gasteiger partial charge is 0.409 e. The number of hydrogen-bond acceptors (Lipinski definition) is 25. The number of rotatable bonds is 26. The van der Waals surface area contributed by atoms with Crippen molar-refractivity contribution >= 4 is 54.1 Å². The zero-order valence-electron chi connectivity index (χ0n) is 32.3. The van der Waals surface area contributed by atoms with Crippen LogP contribution >= 0.6 is 18.1 Å². The Morgan fingerprint density at radius 1 is 0.705 bits per heavy atom. The van der Waals surface area contributed by atoms with Crippen molar-refractivity contribution < 1.29 is 56.6 Å². The van der Waals surface area contributed by atoms with Gasteiger partial charge in [0.15, 0.2) is 52.0 Å². The molecule has 4 amide bonds. The summed E-state index contributed by atoms with van der Waals surface area (Å²) in [6.07, 6.45) is 2.77. The molecule has 336 valence electrons. The van der Waals surface area contributed by atoms with E-state index in [0.29, 0.717) is 17.1 Å². The van der Waals surface area contributed by atoms with Crippen molar-refractivity contribution in [3.63, 3.8) is 0 Å². The number of aryl methyl sites for hydroxylation is 3. The molecule has 0 aromatic carbocycles. The van der Waals surface area contributed by atoms with E-state index in [2.05, 4.69) is 92.5 Å². The Labute approximate surface area is 346 Å². The lowest BCUT2D eigenvalue weighted by Crippen LogP contribution is -2.37. The van der Waals surface area contributed by atoms with Crippen molar-refractivity contribution in [3.8, 4) is 6.26 Å². The monoisotopic (exact) mass is 907 g/mol. The average molecular weight is 908 g/mol. The second-order valence-corrected chi connectivity index (χ2v) is 11.5. The van der Waals surface area contributed by atoms with Gasteiger partial charge in [-0.05, 0) is 20.8 Å². The third kappa shape index (κ3) is 31.6. The van der Waals surface area contributed by atoms with Crippen molar-refractivity contribution in [2.24, 2.45) is 4.99 Å². The fraction of sp³-hybridized carbons (Fsp3) is 0.407. The Morgan fingerprint density at radius 3 is 1.54 bits per heavy atom. The van der Waals surface area contributed by atoms with Gasteiger partial charge in [-0.2, -0.15) is 32.2 Å². The minimum Gasteiger partial charge on any atom is -0.409 e. The summed E-state index contributed by atoms with van der Waals surface area (Å²) in [7, 11) is -0.697. The molecule has 0 aliphatic heterocycles. The molecule has 0 aliphatic rings. The van der Waals surface area contributed by atoms with Gasteiger partial charge in [0.2, 0.25) is 23.9 Å². The number of nitrogens with zero attached hydrogens (tertiary/aromatic N) is 5. The third-order valence-corrected chi connectivity index (χ3v) is 6.20. The first-order valence-electron chi connectivity index (χ1n) is 16.4. The summed E-state index contributed by atoms with van der Waals surface area (Å²) in [6.45, 7) is 4.28. The van der Waals surface area contributed by atoms with Crippen molar-refractivity contribution in [1.82, 2.24) is 62.5 Å². The van der Waals surface area contributed by atoms with Gasteiger partial charge in [-0.3, -0.25) is 59.3 Å². The quantitative estimate of drug-likeness (QED) is 0.00768. The summed E-state index contributed by atoms with van der Waals surface area (Å²) >= 11 is 0. The lowest BCUT2D eigenvalue weighted by atomic mass is 10.4. The molecular weight excluding hydrogens is 864 g/mol. The van der Waals surface area contributed by atoms with E-state index in [-0.39, 0.29) is 97.5 Å². The van der Waals surface area contributed by atoms with Crippen LogP contribution in [0.4, 0.5) is 27.4 Å². The number of aliphatic imine (C=N–C) groups is 1. The Kier molecular flexibility index (Phi) is 30.3. The molecule has 61 heavy (non-hydrogen) atoms. The number of anilines is 3. The maximum atomic E-state index is 11.7. The van der Waals surface area contributed by atoms with Crippen molar-refractivity contribution in [2.75, 3.05) is 70.3 Å². The molecule has 34 heteroatoms. The molecule has 0 bridgehead atoms. The van der Waals surface area contributed by atoms with Gasteiger partial charge < -0.3 is 39.2 Å². The first-order valence-corrected chi connectivity index (χ1v) is 18.0. The van der Waals surface area contributed by atoms with Crippen LogP contribution in [0.2, 0.25) is 0 Å². The number of carbonyl (C=O) groups is 2. The molecular formula is C27H43N17O15P2. The van der Waals surface area contributed by atoms with Gasteiger partial charge >= 0.3 is 12.1 Å². The summed E-state index contributed by atoms with van der Waals surface area (Å²) in [5.74, 6) is 0.200. The van der Waals surface area contributed by atoms with Crippen LogP contribution in [0.1, 0.15) is 17.1 Å². The number of hydroxylamine groups is 4. The molecule has 32 nitrogen and oxygen atoms in total. The number of urea groups is 2. The highest BCUT2D eigenvalue weighted by Gasteiger charge is 2.05. The zero-order chi connectivity index (χ0) is 44.9. The summed E-state index contributed by atoms with van der Waals surface area (Å²) in [4.78, 5) is 107. The molecule has 13 N–H and O–H groups in total. The van der Waals surface area contributed by atoms with Gasteiger partial charge in [0, 0.05) is 35.3 Å². The fourth-order valence-corrected chi connectivity index (χ4v) is 3.79. The summed E-state index contributed by atoms with van der Waals surface area (Å²) < 4.78 is 23.9. The van der Waals surface area contributed by atoms with E-state index in [9.17, 15) is 28.8 Å². The number of hydrogen-bond donors (Lipinski definition) is 12. The third-order valence-electron chi connectivity index (χ3n) is 5.25. The molecule has 3 aromatic heterocycles. The summed E-state index contributed by atoms with van der Waals surface area (Å²) in [5, 5.41) is 17.5. The average Bonchev–Trinajstić information content (AvgIpc) is 3.17. The highest BCUT2D eigenvalue weighted by molar-refractivity contribution is 7.26. The highest BCUT2D eigenvalue weighted by atomic mass is 31.1. The van der Waals surface area contributed by atoms with Crippen LogP contribution in [0.5, 0.6) is 0 Å². The van der Waals surface area contributed by atoms with Crippen molar-refractivity contribution in [2.45, 2.75) is 20.8 Å². The number of aromatic nitrogens is 6.